The van der Waals surface area contributed by atoms with Crippen LogP contribution < -0.4 is 9.80 Å². The summed E-state index contributed by atoms with van der Waals surface area (Å²) in [5.41, 5.74) is 24.1. The van der Waals surface area contributed by atoms with E-state index >= 15 is 0 Å². The van der Waals surface area contributed by atoms with E-state index in [-0.39, 0.29) is 5.41 Å². The van der Waals surface area contributed by atoms with Crippen molar-refractivity contribution in [3.05, 3.63) is 226 Å². The molecule has 8 aromatic rings. The van der Waals surface area contributed by atoms with E-state index in [0.717, 1.165) is 43.4 Å². The maximum absolute atomic E-state index is 2.62. The fourth-order valence-corrected chi connectivity index (χ4v) is 14.2. The molecule has 3 atom stereocenters. The van der Waals surface area contributed by atoms with E-state index in [1.54, 1.807) is 5.56 Å². The molecule has 3 unspecified atom stereocenters. The van der Waals surface area contributed by atoms with Crippen LogP contribution in [0.2, 0.25) is 0 Å². The zero-order valence-electron chi connectivity index (χ0n) is 42.6. The largest absolute Gasteiger partial charge is 0.310 e. The van der Waals surface area contributed by atoms with Gasteiger partial charge in [-0.15, -0.1) is 0 Å². The highest BCUT2D eigenvalue weighted by atomic mass is 15.2. The summed E-state index contributed by atoms with van der Waals surface area (Å²) in [6, 6.07) is 70.9. The third kappa shape index (κ3) is 8.49. The number of aryl methyl sites for hydroxylation is 4. The standard InChI is InChI=1S/C70H70N2/c1-70(2)66-46-57(52-16-10-6-11-17-52)34-40-63(66)64-41-39-62(47-67(64)70)72(61-35-30-53(31-36-61)51-14-8-4-3-5-9-15-51)69-45-49-21-26-55-25-20-48(22-27-56(69)28-23-49)44-68(55)71(59-18-12-7-13-19-59)60-37-32-54(33-38-60)65-43-50-24-29-58(65)42-50/h6-7,10-13,16-20,23,25,28,30-41,44-47,50-51,58,65H,3-5,8-9,14-15,21-22,24,26-27,29,42-43H2,1-2H3. The summed E-state index contributed by atoms with van der Waals surface area (Å²) in [5, 5.41) is 0. The number of benzene rings is 8. The number of hydrogen-bond acceptors (Lipinski definition) is 2. The van der Waals surface area contributed by atoms with E-state index in [0.29, 0.717) is 5.92 Å². The Morgan fingerprint density at radius 3 is 1.56 bits per heavy atom. The summed E-state index contributed by atoms with van der Waals surface area (Å²) in [5.74, 6) is 3.20. The second-order valence-corrected chi connectivity index (χ2v) is 22.9. The topological polar surface area (TPSA) is 6.48 Å². The van der Waals surface area contributed by atoms with Crippen LogP contribution in [-0.4, -0.2) is 0 Å². The highest BCUT2D eigenvalue weighted by molar-refractivity contribution is 5.88. The molecule has 0 radical (unpaired) electrons. The predicted octanol–water partition coefficient (Wildman–Crippen LogP) is 19.2. The Balaban J connectivity index is 0.870. The Labute approximate surface area is 429 Å². The minimum atomic E-state index is -0.157. The fourth-order valence-electron chi connectivity index (χ4n) is 14.2. The maximum atomic E-state index is 2.62. The lowest BCUT2D eigenvalue weighted by atomic mass is 9.81. The van der Waals surface area contributed by atoms with Gasteiger partial charge in [-0.25, -0.2) is 0 Å². The first kappa shape index (κ1) is 45.2. The van der Waals surface area contributed by atoms with Gasteiger partial charge in [0.2, 0.25) is 0 Å². The van der Waals surface area contributed by atoms with E-state index in [1.165, 1.54) is 166 Å². The summed E-state index contributed by atoms with van der Waals surface area (Å²) < 4.78 is 0. The number of hydrogen-bond donors (Lipinski definition) is 0. The van der Waals surface area contributed by atoms with Crippen LogP contribution in [0.3, 0.4) is 0 Å². The summed E-state index contributed by atoms with van der Waals surface area (Å²) >= 11 is 0. The summed E-state index contributed by atoms with van der Waals surface area (Å²) in [6.07, 6.45) is 18.9. The molecule has 360 valence electrons. The van der Waals surface area contributed by atoms with Gasteiger partial charge in [0, 0.05) is 39.5 Å². The van der Waals surface area contributed by atoms with Crippen LogP contribution >= 0.6 is 0 Å². The average Bonchev–Trinajstić information content (AvgIpc) is 4.11. The van der Waals surface area contributed by atoms with Gasteiger partial charge in [0.25, 0.3) is 0 Å². The molecule has 8 aliphatic carbocycles. The van der Waals surface area contributed by atoms with Crippen LogP contribution in [0.5, 0.6) is 0 Å². The molecule has 0 amide bonds. The first-order chi connectivity index (χ1) is 35.4. The molecule has 3 saturated carbocycles. The second-order valence-electron chi connectivity index (χ2n) is 22.9. The zero-order chi connectivity index (χ0) is 48.2. The Hall–Kier alpha value is -6.64. The number of fused-ring (bicyclic) bond motifs is 5. The van der Waals surface area contributed by atoms with Crippen molar-refractivity contribution in [2.24, 2.45) is 11.8 Å². The molecule has 6 bridgehead atoms. The van der Waals surface area contributed by atoms with Gasteiger partial charge in [0.1, 0.15) is 0 Å². The molecule has 0 N–H and O–H groups in total. The van der Waals surface area contributed by atoms with Gasteiger partial charge < -0.3 is 9.80 Å². The Morgan fingerprint density at radius 1 is 0.403 bits per heavy atom. The highest BCUT2D eigenvalue weighted by Crippen LogP contribution is 2.54. The molecule has 0 spiro atoms. The van der Waals surface area contributed by atoms with Crippen LogP contribution in [-0.2, 0) is 31.1 Å². The average molecular weight is 939 g/mol. The van der Waals surface area contributed by atoms with Crippen molar-refractivity contribution >= 4 is 34.1 Å². The van der Waals surface area contributed by atoms with Gasteiger partial charge in [0.15, 0.2) is 0 Å². The Bertz CT molecular complexity index is 3210. The molecule has 3 fully saturated rings. The normalized spacial score (nSPS) is 20.0. The van der Waals surface area contributed by atoms with Gasteiger partial charge >= 0.3 is 0 Å². The third-order valence-electron chi connectivity index (χ3n) is 18.2. The van der Waals surface area contributed by atoms with E-state index < -0.39 is 0 Å². The number of rotatable bonds is 9. The second kappa shape index (κ2) is 19.1. The van der Waals surface area contributed by atoms with E-state index in [1.807, 2.05) is 0 Å². The number of anilines is 6. The lowest BCUT2D eigenvalue weighted by Gasteiger charge is -2.31. The fraction of sp³-hybridized carbons (Fsp3) is 0.314. The number of para-hydroxylation sites is 1. The molecular formula is C70H70N2. The van der Waals surface area contributed by atoms with Gasteiger partial charge in [-0.1, -0.05) is 168 Å². The van der Waals surface area contributed by atoms with Crippen LogP contribution in [0.4, 0.5) is 34.1 Å². The van der Waals surface area contributed by atoms with E-state index in [2.05, 4.69) is 206 Å². The summed E-state index contributed by atoms with van der Waals surface area (Å²) in [6.45, 7) is 4.86. The SMILES string of the molecule is CC1(C)c2cc(-c3ccccc3)ccc2-c2ccc(N(c3ccc(C4CCCCCCC4)cc3)c3cc4ccc3CCc3ccc(c(N(c5ccccc5)c5ccc(C6CC7CCC6C7)cc5)c3)CC4)cc21. The lowest BCUT2D eigenvalue weighted by molar-refractivity contribution is 0.420. The van der Waals surface area contributed by atoms with Crippen molar-refractivity contribution in [2.75, 3.05) is 9.80 Å². The first-order valence-corrected chi connectivity index (χ1v) is 27.8. The lowest BCUT2D eigenvalue weighted by Crippen LogP contribution is -2.18. The Morgan fingerprint density at radius 2 is 0.944 bits per heavy atom. The molecule has 2 nitrogen and oxygen atoms in total. The molecule has 0 aliphatic heterocycles. The third-order valence-corrected chi connectivity index (χ3v) is 18.2. The monoisotopic (exact) mass is 939 g/mol. The summed E-state index contributed by atoms with van der Waals surface area (Å²) in [4.78, 5) is 5.16. The van der Waals surface area contributed by atoms with Crippen molar-refractivity contribution in [3.63, 3.8) is 0 Å². The van der Waals surface area contributed by atoms with E-state index in [9.17, 15) is 0 Å². The van der Waals surface area contributed by atoms with Gasteiger partial charge in [-0.2, -0.15) is 0 Å². The van der Waals surface area contributed by atoms with Gasteiger partial charge in [-0.3, -0.25) is 0 Å². The molecular weight excluding hydrogens is 869 g/mol. The molecule has 0 saturated heterocycles. The molecule has 8 aliphatic rings. The van der Waals surface area contributed by atoms with Crippen molar-refractivity contribution in [1.29, 1.82) is 0 Å². The van der Waals surface area contributed by atoms with Gasteiger partial charge in [-0.05, 0) is 215 Å². The quantitative estimate of drug-likeness (QED) is 0.142. The smallest absolute Gasteiger partial charge is 0.0496 e. The number of nitrogens with zero attached hydrogens (tertiary/aromatic N) is 2. The van der Waals surface area contributed by atoms with Crippen molar-refractivity contribution in [3.8, 4) is 22.3 Å². The minimum absolute atomic E-state index is 0.157. The Kier molecular flexibility index (Phi) is 12.0. The predicted molar refractivity (Wildman–Crippen MR) is 303 cm³/mol. The van der Waals surface area contributed by atoms with Crippen LogP contribution in [0.1, 0.15) is 141 Å². The van der Waals surface area contributed by atoms with Crippen LogP contribution in [0, 0.1) is 11.8 Å². The molecule has 16 rings (SSSR count). The molecule has 8 aromatic carbocycles. The highest BCUT2D eigenvalue weighted by Gasteiger charge is 2.40. The van der Waals surface area contributed by atoms with Crippen LogP contribution in [0.25, 0.3) is 22.3 Å². The van der Waals surface area contributed by atoms with Crippen molar-refractivity contribution in [1.82, 2.24) is 0 Å². The molecule has 0 heterocycles. The van der Waals surface area contributed by atoms with Crippen molar-refractivity contribution < 1.29 is 0 Å². The zero-order valence-corrected chi connectivity index (χ0v) is 42.6. The maximum Gasteiger partial charge on any atom is 0.0496 e. The van der Waals surface area contributed by atoms with Gasteiger partial charge in [0.05, 0.1) is 0 Å². The molecule has 2 heteroatoms. The van der Waals surface area contributed by atoms with Crippen molar-refractivity contribution in [2.45, 2.75) is 127 Å². The molecule has 0 aromatic heterocycles. The minimum Gasteiger partial charge on any atom is -0.310 e. The molecule has 72 heavy (non-hydrogen) atoms. The first-order valence-electron chi connectivity index (χ1n) is 27.8. The van der Waals surface area contributed by atoms with E-state index in [4.69, 9.17) is 0 Å². The van der Waals surface area contributed by atoms with Crippen LogP contribution in [0.15, 0.2) is 182 Å². The summed E-state index contributed by atoms with van der Waals surface area (Å²) in [7, 11) is 0.